The van der Waals surface area contributed by atoms with E-state index in [1.54, 1.807) is 0 Å². The van der Waals surface area contributed by atoms with E-state index in [-0.39, 0.29) is 18.1 Å². The van der Waals surface area contributed by atoms with E-state index in [2.05, 4.69) is 12.2 Å². The predicted octanol–water partition coefficient (Wildman–Crippen LogP) is 1.65. The summed E-state index contributed by atoms with van der Waals surface area (Å²) in [4.78, 5) is 13.9. The fraction of sp³-hybridized carbons (Fsp3) is 0.929. The van der Waals surface area contributed by atoms with Crippen LogP contribution in [0, 0.1) is 5.92 Å². The van der Waals surface area contributed by atoms with E-state index in [0.29, 0.717) is 0 Å². The summed E-state index contributed by atoms with van der Waals surface area (Å²) in [5.74, 6) is 0.851. The number of hydrogen-bond donors (Lipinski definition) is 1. The molecule has 1 saturated heterocycles. The van der Waals surface area contributed by atoms with Crippen molar-refractivity contribution in [3.63, 3.8) is 0 Å². The van der Waals surface area contributed by atoms with Crippen LogP contribution in [0.5, 0.6) is 0 Å². The molecule has 0 aromatic carbocycles. The molecule has 1 amide bonds. The Morgan fingerprint density at radius 3 is 2.44 bits per heavy atom. The lowest BCUT2D eigenvalue weighted by Crippen LogP contribution is -2.43. The number of likely N-dealkylation sites (tertiary alicyclic amines) is 1. The lowest BCUT2D eigenvalue weighted by atomic mass is 9.97. The third-order valence-electron chi connectivity index (χ3n) is 3.28. The van der Waals surface area contributed by atoms with E-state index >= 15 is 0 Å². The molecule has 0 bridgehead atoms. The number of nitrogens with zero attached hydrogens (tertiary/aromatic N) is 1. The van der Waals surface area contributed by atoms with Gasteiger partial charge in [0.1, 0.15) is 6.61 Å². The molecular formula is C14H28N2O2. The molecule has 18 heavy (non-hydrogen) atoms. The molecule has 0 aromatic rings. The second kappa shape index (κ2) is 7.10. The van der Waals surface area contributed by atoms with Crippen molar-refractivity contribution in [2.24, 2.45) is 5.92 Å². The number of piperidine rings is 1. The van der Waals surface area contributed by atoms with Crippen LogP contribution in [0.3, 0.4) is 0 Å². The largest absolute Gasteiger partial charge is 0.366 e. The average molecular weight is 256 g/mol. The van der Waals surface area contributed by atoms with Crippen LogP contribution < -0.4 is 5.32 Å². The van der Waals surface area contributed by atoms with Gasteiger partial charge in [-0.15, -0.1) is 0 Å². The van der Waals surface area contributed by atoms with Gasteiger partial charge in [-0.25, -0.2) is 0 Å². The Hall–Kier alpha value is -0.610. The number of hydrogen-bond acceptors (Lipinski definition) is 3. The van der Waals surface area contributed by atoms with Gasteiger partial charge in [0.05, 0.1) is 5.60 Å². The Morgan fingerprint density at radius 1 is 1.33 bits per heavy atom. The summed E-state index contributed by atoms with van der Waals surface area (Å²) in [5, 5.41) is 3.38. The van der Waals surface area contributed by atoms with Gasteiger partial charge in [0.2, 0.25) is 5.91 Å². The Labute approximate surface area is 111 Å². The standard InChI is InChI=1S/C14H28N2O2/c1-5-15-10-12-6-8-16(9-7-12)13(17)11-18-14(2,3)4/h12,15H,5-11H2,1-4H3. The van der Waals surface area contributed by atoms with Crippen LogP contribution in [0.15, 0.2) is 0 Å². The number of ether oxygens (including phenoxy) is 1. The summed E-state index contributed by atoms with van der Waals surface area (Å²) in [6.07, 6.45) is 2.21. The van der Waals surface area contributed by atoms with Crippen LogP contribution in [0.2, 0.25) is 0 Å². The highest BCUT2D eigenvalue weighted by molar-refractivity contribution is 5.77. The van der Waals surface area contributed by atoms with E-state index in [9.17, 15) is 4.79 Å². The normalized spacial score (nSPS) is 18.1. The van der Waals surface area contributed by atoms with Gasteiger partial charge in [-0.1, -0.05) is 6.92 Å². The minimum atomic E-state index is -0.237. The summed E-state index contributed by atoms with van der Waals surface area (Å²) in [6, 6.07) is 0. The van der Waals surface area contributed by atoms with Crippen molar-refractivity contribution in [2.75, 3.05) is 32.8 Å². The molecule has 1 fully saturated rings. The Kier molecular flexibility index (Phi) is 6.09. The van der Waals surface area contributed by atoms with Gasteiger partial charge in [-0.3, -0.25) is 4.79 Å². The molecule has 0 spiro atoms. The molecule has 4 nitrogen and oxygen atoms in total. The molecule has 1 aliphatic rings. The topological polar surface area (TPSA) is 41.6 Å². The maximum atomic E-state index is 12.0. The molecule has 0 aromatic heterocycles. The van der Waals surface area contributed by atoms with Crippen molar-refractivity contribution >= 4 is 5.91 Å². The van der Waals surface area contributed by atoms with Crippen molar-refractivity contribution in [1.29, 1.82) is 0 Å². The molecule has 1 N–H and O–H groups in total. The smallest absolute Gasteiger partial charge is 0.248 e. The van der Waals surface area contributed by atoms with E-state index < -0.39 is 0 Å². The zero-order valence-corrected chi connectivity index (χ0v) is 12.3. The quantitative estimate of drug-likeness (QED) is 0.813. The first-order valence-electron chi connectivity index (χ1n) is 7.05. The maximum absolute atomic E-state index is 12.0. The third-order valence-corrected chi connectivity index (χ3v) is 3.28. The van der Waals surface area contributed by atoms with E-state index in [1.807, 2.05) is 25.7 Å². The lowest BCUT2D eigenvalue weighted by molar-refractivity contribution is -0.142. The van der Waals surface area contributed by atoms with E-state index in [4.69, 9.17) is 4.74 Å². The van der Waals surface area contributed by atoms with Crippen molar-refractivity contribution < 1.29 is 9.53 Å². The van der Waals surface area contributed by atoms with Crippen molar-refractivity contribution in [3.05, 3.63) is 0 Å². The van der Waals surface area contributed by atoms with Crippen molar-refractivity contribution in [3.8, 4) is 0 Å². The van der Waals surface area contributed by atoms with Crippen LogP contribution in [0.1, 0.15) is 40.5 Å². The van der Waals surface area contributed by atoms with Crippen LogP contribution in [-0.2, 0) is 9.53 Å². The lowest BCUT2D eigenvalue weighted by Gasteiger charge is -2.32. The molecule has 0 atom stereocenters. The highest BCUT2D eigenvalue weighted by atomic mass is 16.5. The molecule has 1 rings (SSSR count). The van der Waals surface area contributed by atoms with Gasteiger partial charge in [0, 0.05) is 13.1 Å². The molecule has 106 valence electrons. The SMILES string of the molecule is CCNCC1CCN(C(=O)COC(C)(C)C)CC1. The molecule has 1 aliphatic heterocycles. The van der Waals surface area contributed by atoms with Crippen LogP contribution in [0.25, 0.3) is 0 Å². The van der Waals surface area contributed by atoms with Gasteiger partial charge >= 0.3 is 0 Å². The first-order chi connectivity index (χ1) is 8.42. The number of carbonyl (C=O) groups excluding carboxylic acids is 1. The van der Waals surface area contributed by atoms with Gasteiger partial charge < -0.3 is 15.0 Å². The molecule has 0 unspecified atom stereocenters. The third kappa shape index (κ3) is 5.83. The van der Waals surface area contributed by atoms with Crippen molar-refractivity contribution in [1.82, 2.24) is 10.2 Å². The van der Waals surface area contributed by atoms with Gasteiger partial charge in [0.25, 0.3) is 0 Å². The van der Waals surface area contributed by atoms with E-state index in [1.165, 1.54) is 0 Å². The summed E-state index contributed by atoms with van der Waals surface area (Å²) in [6.45, 7) is 12.1. The van der Waals surface area contributed by atoms with Crippen molar-refractivity contribution in [2.45, 2.75) is 46.1 Å². The second-order valence-electron chi connectivity index (χ2n) is 6.03. The summed E-state index contributed by atoms with van der Waals surface area (Å²) in [7, 11) is 0. The summed E-state index contributed by atoms with van der Waals surface area (Å²) >= 11 is 0. The Morgan fingerprint density at radius 2 is 1.94 bits per heavy atom. The van der Waals surface area contributed by atoms with Crippen LogP contribution in [-0.4, -0.2) is 49.2 Å². The van der Waals surface area contributed by atoms with E-state index in [0.717, 1.165) is 44.9 Å². The van der Waals surface area contributed by atoms with Crippen LogP contribution in [0.4, 0.5) is 0 Å². The predicted molar refractivity (Wildman–Crippen MR) is 73.6 cm³/mol. The fourth-order valence-corrected chi connectivity index (χ4v) is 2.10. The molecule has 0 saturated carbocycles. The Bertz CT molecular complexity index is 253. The van der Waals surface area contributed by atoms with Gasteiger partial charge in [0.15, 0.2) is 0 Å². The highest BCUT2D eigenvalue weighted by Gasteiger charge is 2.23. The monoisotopic (exact) mass is 256 g/mol. The molecular weight excluding hydrogens is 228 g/mol. The number of nitrogens with one attached hydrogen (secondary N) is 1. The van der Waals surface area contributed by atoms with Gasteiger partial charge in [-0.05, 0) is 52.6 Å². The fourth-order valence-electron chi connectivity index (χ4n) is 2.10. The first-order valence-corrected chi connectivity index (χ1v) is 7.05. The average Bonchev–Trinajstić information content (AvgIpc) is 2.33. The minimum Gasteiger partial charge on any atom is -0.366 e. The zero-order valence-electron chi connectivity index (χ0n) is 12.3. The minimum absolute atomic E-state index is 0.131. The molecule has 0 radical (unpaired) electrons. The molecule has 4 heteroatoms. The Balaban J connectivity index is 2.23. The summed E-state index contributed by atoms with van der Waals surface area (Å²) in [5.41, 5.74) is -0.237. The zero-order chi connectivity index (χ0) is 13.6. The highest BCUT2D eigenvalue weighted by Crippen LogP contribution is 2.17. The molecule has 1 heterocycles. The number of amides is 1. The number of carbonyl (C=O) groups is 1. The number of rotatable bonds is 5. The summed E-state index contributed by atoms with van der Waals surface area (Å²) < 4.78 is 5.53. The van der Waals surface area contributed by atoms with Crippen LogP contribution >= 0.6 is 0 Å². The second-order valence-corrected chi connectivity index (χ2v) is 6.03. The first kappa shape index (κ1) is 15.4. The van der Waals surface area contributed by atoms with Gasteiger partial charge in [-0.2, -0.15) is 0 Å². The maximum Gasteiger partial charge on any atom is 0.248 e. The molecule has 0 aliphatic carbocycles.